The van der Waals surface area contributed by atoms with Crippen molar-refractivity contribution in [3.8, 4) is 0 Å². The Morgan fingerprint density at radius 3 is 2.29 bits per heavy atom. The summed E-state index contributed by atoms with van der Waals surface area (Å²) < 4.78 is 5.37. The largest absolute Gasteiger partial charge is 0.459 e. The van der Waals surface area contributed by atoms with Gasteiger partial charge in [-0.05, 0) is 18.5 Å². The van der Waals surface area contributed by atoms with Crippen LogP contribution in [0.15, 0.2) is 30.3 Å². The molecule has 0 bridgehead atoms. The van der Waals surface area contributed by atoms with Crippen LogP contribution in [0.1, 0.15) is 19.4 Å². The smallest absolute Gasteiger partial charge is 0.336 e. The minimum atomic E-state index is -1.65. The molecular weight excluding hydrogens is 306 g/mol. The minimum absolute atomic E-state index is 0.112. The van der Waals surface area contributed by atoms with E-state index in [1.807, 2.05) is 37.4 Å². The van der Waals surface area contributed by atoms with E-state index in [0.717, 1.165) is 18.7 Å². The number of hydrogen-bond donors (Lipinski definition) is 1. The van der Waals surface area contributed by atoms with Crippen molar-refractivity contribution in [1.29, 1.82) is 0 Å². The predicted molar refractivity (Wildman–Crippen MR) is 92.1 cm³/mol. The first kappa shape index (κ1) is 18.4. The zero-order valence-corrected chi connectivity index (χ0v) is 14.7. The van der Waals surface area contributed by atoms with E-state index in [1.165, 1.54) is 0 Å². The van der Waals surface area contributed by atoms with E-state index in [-0.39, 0.29) is 18.4 Å². The fourth-order valence-corrected chi connectivity index (χ4v) is 2.68. The van der Waals surface area contributed by atoms with Crippen LogP contribution in [0.2, 0.25) is 0 Å². The van der Waals surface area contributed by atoms with E-state index in [4.69, 9.17) is 10.5 Å². The van der Waals surface area contributed by atoms with Crippen molar-refractivity contribution in [3.63, 3.8) is 0 Å². The predicted octanol–water partition coefficient (Wildman–Crippen LogP) is 0.857. The first-order chi connectivity index (χ1) is 11.4. The highest BCUT2D eigenvalue weighted by Crippen LogP contribution is 2.21. The number of nitrogens with two attached hydrogens (primary N) is 1. The van der Waals surface area contributed by atoms with Crippen LogP contribution in [0.3, 0.4) is 0 Å². The molecule has 1 heterocycles. The van der Waals surface area contributed by atoms with Gasteiger partial charge in [0.2, 0.25) is 0 Å². The Balaban J connectivity index is 2.07. The summed E-state index contributed by atoms with van der Waals surface area (Å²) in [6, 6.07) is 9.36. The molecule has 1 aliphatic heterocycles. The summed E-state index contributed by atoms with van der Waals surface area (Å²) in [6.45, 7) is 6.37. The minimum Gasteiger partial charge on any atom is -0.459 e. The Morgan fingerprint density at radius 1 is 1.17 bits per heavy atom. The fraction of sp³-hybridized carbons (Fsp3) is 0.556. The molecule has 0 unspecified atom stereocenters. The molecule has 0 radical (unpaired) electrons. The molecule has 0 aliphatic carbocycles. The number of amides is 1. The van der Waals surface area contributed by atoms with Crippen molar-refractivity contribution in [2.45, 2.75) is 26.0 Å². The molecular formula is C18H27N3O3. The van der Waals surface area contributed by atoms with Crippen LogP contribution < -0.4 is 5.73 Å². The van der Waals surface area contributed by atoms with Crippen LogP contribution in [-0.4, -0.2) is 60.4 Å². The molecule has 1 atom stereocenters. The Labute approximate surface area is 143 Å². The topological polar surface area (TPSA) is 75.9 Å². The molecule has 0 saturated carbocycles. The molecule has 1 aromatic rings. The van der Waals surface area contributed by atoms with Crippen LogP contribution in [0, 0.1) is 5.92 Å². The van der Waals surface area contributed by atoms with Gasteiger partial charge in [-0.25, -0.2) is 4.79 Å². The zero-order valence-electron chi connectivity index (χ0n) is 14.7. The van der Waals surface area contributed by atoms with E-state index < -0.39 is 11.5 Å². The molecule has 24 heavy (non-hydrogen) atoms. The van der Waals surface area contributed by atoms with Gasteiger partial charge in [0.1, 0.15) is 6.61 Å². The maximum Gasteiger partial charge on any atom is 0.336 e. The summed E-state index contributed by atoms with van der Waals surface area (Å²) in [6.07, 6.45) is 0. The summed E-state index contributed by atoms with van der Waals surface area (Å²) in [5.74, 6) is -1.36. The molecule has 6 nitrogen and oxygen atoms in total. The van der Waals surface area contributed by atoms with Gasteiger partial charge in [0.15, 0.2) is 5.54 Å². The van der Waals surface area contributed by atoms with Gasteiger partial charge in [-0.2, -0.15) is 0 Å². The third-order valence-electron chi connectivity index (χ3n) is 4.61. The standard InChI is InChI=1S/C18H27N3O3/c1-14(2)18(19,16(22)21-11-9-20(3)10-12-21)17(23)24-13-15-7-5-4-6-8-15/h4-8,14H,9-13,19H2,1-3H3/t18-/m0/s1. The van der Waals surface area contributed by atoms with E-state index in [9.17, 15) is 9.59 Å². The van der Waals surface area contributed by atoms with Crippen molar-refractivity contribution in [2.75, 3.05) is 33.2 Å². The lowest BCUT2D eigenvalue weighted by atomic mass is 9.85. The summed E-state index contributed by atoms with van der Waals surface area (Å²) in [7, 11) is 2.01. The molecule has 1 saturated heterocycles. The van der Waals surface area contributed by atoms with Crippen molar-refractivity contribution >= 4 is 11.9 Å². The lowest BCUT2D eigenvalue weighted by Gasteiger charge is -2.39. The molecule has 132 valence electrons. The lowest BCUT2D eigenvalue weighted by molar-refractivity contribution is -0.162. The summed E-state index contributed by atoms with van der Waals surface area (Å²) in [5, 5.41) is 0. The van der Waals surface area contributed by atoms with Gasteiger partial charge in [-0.3, -0.25) is 4.79 Å². The van der Waals surface area contributed by atoms with Crippen molar-refractivity contribution < 1.29 is 14.3 Å². The zero-order chi connectivity index (χ0) is 17.7. The van der Waals surface area contributed by atoms with Crippen molar-refractivity contribution in [2.24, 2.45) is 11.7 Å². The van der Waals surface area contributed by atoms with Gasteiger partial charge >= 0.3 is 5.97 Å². The van der Waals surface area contributed by atoms with Crippen molar-refractivity contribution in [1.82, 2.24) is 9.80 Å². The second kappa shape index (κ2) is 7.77. The Bertz CT molecular complexity index is 568. The second-order valence-electron chi connectivity index (χ2n) is 6.68. The average molecular weight is 333 g/mol. The number of esters is 1. The number of benzene rings is 1. The highest BCUT2D eigenvalue weighted by molar-refractivity contribution is 6.07. The molecule has 0 spiro atoms. The number of carbonyl (C=O) groups excluding carboxylic acids is 2. The summed E-state index contributed by atoms with van der Waals surface area (Å²) in [5.41, 5.74) is 5.49. The number of likely N-dealkylation sites (N-methyl/N-ethyl adjacent to an activating group) is 1. The molecule has 2 N–H and O–H groups in total. The second-order valence-corrected chi connectivity index (χ2v) is 6.68. The van der Waals surface area contributed by atoms with Crippen LogP contribution >= 0.6 is 0 Å². The Hall–Kier alpha value is -1.92. The van der Waals surface area contributed by atoms with Gasteiger partial charge in [-0.15, -0.1) is 0 Å². The fourth-order valence-electron chi connectivity index (χ4n) is 2.68. The van der Waals surface area contributed by atoms with Crippen LogP contribution in [0.25, 0.3) is 0 Å². The number of hydrogen-bond acceptors (Lipinski definition) is 5. The van der Waals surface area contributed by atoms with Gasteiger partial charge in [0, 0.05) is 26.2 Å². The average Bonchev–Trinajstić information content (AvgIpc) is 2.59. The van der Waals surface area contributed by atoms with Gasteiger partial charge in [-0.1, -0.05) is 44.2 Å². The van der Waals surface area contributed by atoms with Gasteiger partial charge in [0.05, 0.1) is 0 Å². The molecule has 1 aromatic carbocycles. The van der Waals surface area contributed by atoms with Gasteiger partial charge in [0.25, 0.3) is 5.91 Å². The molecule has 1 amide bonds. The first-order valence-corrected chi connectivity index (χ1v) is 8.33. The lowest BCUT2D eigenvalue weighted by Crippen LogP contribution is -2.66. The number of carbonyl (C=O) groups is 2. The van der Waals surface area contributed by atoms with Gasteiger partial charge < -0.3 is 20.3 Å². The molecule has 1 aliphatic rings. The molecule has 1 fully saturated rings. The van der Waals surface area contributed by atoms with E-state index >= 15 is 0 Å². The number of ether oxygens (including phenoxy) is 1. The van der Waals surface area contributed by atoms with Crippen LogP contribution in [0.5, 0.6) is 0 Å². The normalized spacial score (nSPS) is 18.3. The quantitative estimate of drug-likeness (QED) is 0.639. The Morgan fingerprint density at radius 2 is 1.75 bits per heavy atom. The maximum atomic E-state index is 12.9. The third-order valence-corrected chi connectivity index (χ3v) is 4.61. The van der Waals surface area contributed by atoms with E-state index in [1.54, 1.807) is 18.7 Å². The first-order valence-electron chi connectivity index (χ1n) is 8.33. The summed E-state index contributed by atoms with van der Waals surface area (Å²) in [4.78, 5) is 29.3. The monoisotopic (exact) mass is 333 g/mol. The SMILES string of the molecule is CC(C)[C@@](N)(C(=O)OCc1ccccc1)C(=O)N1CCN(C)CC1. The highest BCUT2D eigenvalue weighted by Gasteiger charge is 2.49. The maximum absolute atomic E-state index is 12.9. The summed E-state index contributed by atoms with van der Waals surface area (Å²) >= 11 is 0. The number of piperazine rings is 1. The van der Waals surface area contributed by atoms with Crippen LogP contribution in [-0.2, 0) is 20.9 Å². The Kier molecular flexibility index (Phi) is 5.96. The molecule has 0 aromatic heterocycles. The number of rotatable bonds is 5. The molecule has 6 heteroatoms. The molecule has 2 rings (SSSR count). The highest BCUT2D eigenvalue weighted by atomic mass is 16.5. The third kappa shape index (κ3) is 3.94. The van der Waals surface area contributed by atoms with E-state index in [0.29, 0.717) is 13.1 Å². The van der Waals surface area contributed by atoms with E-state index in [2.05, 4.69) is 4.90 Å². The number of nitrogens with zero attached hydrogens (tertiary/aromatic N) is 2. The van der Waals surface area contributed by atoms with Crippen LogP contribution in [0.4, 0.5) is 0 Å². The van der Waals surface area contributed by atoms with Crippen molar-refractivity contribution in [3.05, 3.63) is 35.9 Å².